The normalized spacial score (nSPS) is 9.94. The van der Waals surface area contributed by atoms with E-state index in [4.69, 9.17) is 9.47 Å². The zero-order valence-electron chi connectivity index (χ0n) is 9.78. The van der Waals surface area contributed by atoms with Gasteiger partial charge in [0.25, 0.3) is 0 Å². The van der Waals surface area contributed by atoms with Crippen LogP contribution in [0.15, 0.2) is 18.2 Å². The summed E-state index contributed by atoms with van der Waals surface area (Å²) in [6, 6.07) is 5.23. The van der Waals surface area contributed by atoms with Crippen LogP contribution in [-0.4, -0.2) is 31.5 Å². The van der Waals surface area contributed by atoms with Gasteiger partial charge < -0.3 is 9.47 Å². The van der Waals surface area contributed by atoms with E-state index >= 15 is 0 Å². The van der Waals surface area contributed by atoms with Crippen LogP contribution in [0.1, 0.15) is 17.3 Å². The molecule has 3 nitrogen and oxygen atoms in total. The smallest absolute Gasteiger partial charge is 0.172 e. The second-order valence-electron chi connectivity index (χ2n) is 3.16. The molecule has 0 fully saturated rings. The lowest BCUT2D eigenvalue weighted by Gasteiger charge is -2.07. The van der Waals surface area contributed by atoms with Crippen LogP contribution in [0.25, 0.3) is 0 Å². The Kier molecular flexibility index (Phi) is 5.19. The zero-order valence-corrected chi connectivity index (χ0v) is 10.6. The van der Waals surface area contributed by atoms with Crippen LogP contribution in [0.2, 0.25) is 0 Å². The summed E-state index contributed by atoms with van der Waals surface area (Å²) in [4.78, 5) is 11.8. The van der Waals surface area contributed by atoms with Gasteiger partial charge in [-0.2, -0.15) is 11.8 Å². The molecule has 0 saturated carbocycles. The molecule has 0 spiro atoms. The summed E-state index contributed by atoms with van der Waals surface area (Å²) in [5, 5.41) is 0. The van der Waals surface area contributed by atoms with Crippen LogP contribution in [-0.2, 0) is 0 Å². The number of carbonyl (C=O) groups excluding carboxylic acids is 1. The fourth-order valence-corrected chi connectivity index (χ4v) is 1.80. The molecule has 0 aliphatic carbocycles. The van der Waals surface area contributed by atoms with E-state index in [0.29, 0.717) is 22.8 Å². The van der Waals surface area contributed by atoms with Gasteiger partial charge in [-0.3, -0.25) is 4.79 Å². The lowest BCUT2D eigenvalue weighted by Crippen LogP contribution is -2.03. The molecule has 0 N–H and O–H groups in total. The van der Waals surface area contributed by atoms with E-state index in [-0.39, 0.29) is 5.78 Å². The molecule has 0 unspecified atom stereocenters. The molecule has 0 aromatic heterocycles. The van der Waals surface area contributed by atoms with Crippen molar-refractivity contribution in [3.05, 3.63) is 23.8 Å². The molecular formula is C12H16O3S. The summed E-state index contributed by atoms with van der Waals surface area (Å²) < 4.78 is 10.2. The van der Waals surface area contributed by atoms with E-state index < -0.39 is 0 Å². The number of Topliss-reactive ketones (excluding diaryl/α,β-unsaturated/α-hetero) is 1. The average molecular weight is 240 g/mol. The summed E-state index contributed by atoms with van der Waals surface area (Å²) >= 11 is 1.61. The van der Waals surface area contributed by atoms with Crippen molar-refractivity contribution in [1.82, 2.24) is 0 Å². The van der Waals surface area contributed by atoms with Crippen LogP contribution < -0.4 is 9.47 Å². The van der Waals surface area contributed by atoms with Gasteiger partial charge in [0, 0.05) is 11.6 Å². The van der Waals surface area contributed by atoms with Gasteiger partial charge in [0.2, 0.25) is 0 Å². The van der Waals surface area contributed by atoms with E-state index in [1.165, 1.54) is 0 Å². The molecule has 0 amide bonds. The van der Waals surface area contributed by atoms with Crippen molar-refractivity contribution >= 4 is 17.5 Å². The molecule has 0 atom stereocenters. The van der Waals surface area contributed by atoms with Gasteiger partial charge in [-0.1, -0.05) is 6.92 Å². The number of ketones is 1. The lowest BCUT2D eigenvalue weighted by molar-refractivity contribution is 0.102. The molecule has 0 aliphatic heterocycles. The van der Waals surface area contributed by atoms with Gasteiger partial charge >= 0.3 is 0 Å². The van der Waals surface area contributed by atoms with Gasteiger partial charge in [-0.05, 0) is 17.9 Å². The van der Waals surface area contributed by atoms with E-state index in [2.05, 4.69) is 0 Å². The van der Waals surface area contributed by atoms with Gasteiger partial charge in [-0.25, -0.2) is 0 Å². The van der Waals surface area contributed by atoms with E-state index in [1.54, 1.807) is 44.2 Å². The Morgan fingerprint density at radius 1 is 1.19 bits per heavy atom. The maximum Gasteiger partial charge on any atom is 0.172 e. The number of thioether (sulfide) groups is 1. The number of ether oxygens (including phenoxy) is 2. The highest BCUT2D eigenvalue weighted by Crippen LogP contribution is 2.23. The SMILES string of the molecule is CCSCC(=O)c1cc(OC)cc(OC)c1. The lowest BCUT2D eigenvalue weighted by atomic mass is 10.1. The Bertz CT molecular complexity index is 341. The molecule has 0 radical (unpaired) electrons. The summed E-state index contributed by atoms with van der Waals surface area (Å²) in [6.07, 6.45) is 0. The van der Waals surface area contributed by atoms with Crippen molar-refractivity contribution in [3.63, 3.8) is 0 Å². The first kappa shape index (κ1) is 12.9. The highest BCUT2D eigenvalue weighted by molar-refractivity contribution is 7.99. The van der Waals surface area contributed by atoms with Crippen LogP contribution in [0.4, 0.5) is 0 Å². The standard InChI is InChI=1S/C12H16O3S/c1-4-16-8-12(13)9-5-10(14-2)7-11(6-9)15-3/h5-7H,4,8H2,1-3H3. The molecule has 1 aromatic carbocycles. The number of rotatable bonds is 6. The molecule has 88 valence electrons. The maximum atomic E-state index is 11.8. The fraction of sp³-hybridized carbons (Fsp3) is 0.417. The summed E-state index contributed by atoms with van der Waals surface area (Å²) in [7, 11) is 3.15. The molecule has 0 heterocycles. The third-order valence-electron chi connectivity index (χ3n) is 2.11. The molecule has 0 aliphatic rings. The van der Waals surface area contributed by atoms with Crippen molar-refractivity contribution in [2.75, 3.05) is 25.7 Å². The molecule has 16 heavy (non-hydrogen) atoms. The van der Waals surface area contributed by atoms with Crippen molar-refractivity contribution in [1.29, 1.82) is 0 Å². The maximum absolute atomic E-state index is 11.8. The minimum Gasteiger partial charge on any atom is -0.497 e. The number of benzene rings is 1. The van der Waals surface area contributed by atoms with Gasteiger partial charge in [0.1, 0.15) is 11.5 Å². The second-order valence-corrected chi connectivity index (χ2v) is 4.44. The third kappa shape index (κ3) is 3.45. The monoisotopic (exact) mass is 240 g/mol. The first-order chi connectivity index (χ1) is 7.71. The predicted octanol–water partition coefficient (Wildman–Crippen LogP) is 2.64. The summed E-state index contributed by atoms with van der Waals surface area (Å²) in [6.45, 7) is 2.03. The molecule has 1 rings (SSSR count). The minimum absolute atomic E-state index is 0.101. The van der Waals surface area contributed by atoms with E-state index in [9.17, 15) is 4.79 Å². The second kappa shape index (κ2) is 6.43. The highest BCUT2D eigenvalue weighted by Gasteiger charge is 2.09. The summed E-state index contributed by atoms with van der Waals surface area (Å²) in [5.74, 6) is 2.82. The Balaban J connectivity index is 2.89. The number of hydrogen-bond acceptors (Lipinski definition) is 4. The van der Waals surface area contributed by atoms with Gasteiger partial charge in [0.15, 0.2) is 5.78 Å². The fourth-order valence-electron chi connectivity index (χ4n) is 1.25. The summed E-state index contributed by atoms with van der Waals surface area (Å²) in [5.41, 5.74) is 0.636. The van der Waals surface area contributed by atoms with Crippen molar-refractivity contribution in [2.45, 2.75) is 6.92 Å². The highest BCUT2D eigenvalue weighted by atomic mass is 32.2. The van der Waals surface area contributed by atoms with E-state index in [0.717, 1.165) is 5.75 Å². The largest absolute Gasteiger partial charge is 0.497 e. The topological polar surface area (TPSA) is 35.5 Å². The van der Waals surface area contributed by atoms with Crippen LogP contribution in [0.3, 0.4) is 0 Å². The molecule has 1 aromatic rings. The van der Waals surface area contributed by atoms with Crippen LogP contribution in [0.5, 0.6) is 11.5 Å². The Morgan fingerprint density at radius 2 is 1.75 bits per heavy atom. The minimum atomic E-state index is 0.101. The number of carbonyl (C=O) groups is 1. The first-order valence-electron chi connectivity index (χ1n) is 5.05. The van der Waals surface area contributed by atoms with Gasteiger partial charge in [0.05, 0.1) is 20.0 Å². The predicted molar refractivity (Wildman–Crippen MR) is 66.9 cm³/mol. The average Bonchev–Trinajstić information content (AvgIpc) is 2.35. The Labute approximate surface area is 100 Å². The zero-order chi connectivity index (χ0) is 12.0. The van der Waals surface area contributed by atoms with Crippen LogP contribution in [0, 0.1) is 0 Å². The Morgan fingerprint density at radius 3 is 2.19 bits per heavy atom. The molecule has 4 heteroatoms. The molecule has 0 bridgehead atoms. The molecule has 0 saturated heterocycles. The third-order valence-corrected chi connectivity index (χ3v) is 2.99. The van der Waals surface area contributed by atoms with Crippen molar-refractivity contribution in [3.8, 4) is 11.5 Å². The first-order valence-corrected chi connectivity index (χ1v) is 6.20. The van der Waals surface area contributed by atoms with Crippen LogP contribution >= 0.6 is 11.8 Å². The van der Waals surface area contributed by atoms with Crippen molar-refractivity contribution < 1.29 is 14.3 Å². The number of methoxy groups -OCH3 is 2. The number of hydrogen-bond donors (Lipinski definition) is 0. The molecular weight excluding hydrogens is 224 g/mol. The van der Waals surface area contributed by atoms with E-state index in [1.807, 2.05) is 6.92 Å². The quantitative estimate of drug-likeness (QED) is 0.716. The Hall–Kier alpha value is -1.16. The van der Waals surface area contributed by atoms with Crippen molar-refractivity contribution in [2.24, 2.45) is 0 Å². The van der Waals surface area contributed by atoms with Gasteiger partial charge in [-0.15, -0.1) is 0 Å².